The first kappa shape index (κ1) is 15.6. The lowest BCUT2D eigenvalue weighted by atomic mass is 10.2. The summed E-state index contributed by atoms with van der Waals surface area (Å²) in [4.78, 5) is 35.9. The number of aromatic nitrogens is 3. The summed E-state index contributed by atoms with van der Waals surface area (Å²) in [6.45, 7) is 3.22. The van der Waals surface area contributed by atoms with Crippen molar-refractivity contribution < 1.29 is 9.90 Å². The lowest BCUT2D eigenvalue weighted by Gasteiger charge is -2.02. The highest BCUT2D eigenvalue weighted by atomic mass is 32.1. The van der Waals surface area contributed by atoms with E-state index in [1.54, 1.807) is 20.0 Å². The fraction of sp³-hybridized carbons (Fsp3) is 0.250. The number of aryl methyl sites for hydroxylation is 2. The molecule has 0 unspecified atom stereocenters. The van der Waals surface area contributed by atoms with Crippen LogP contribution in [0.25, 0.3) is 0 Å². The molecule has 2 aromatic rings. The molecule has 116 valence electrons. The van der Waals surface area contributed by atoms with E-state index in [1.165, 1.54) is 11.6 Å². The smallest absolute Gasteiger partial charge is 0.310 e. The highest BCUT2D eigenvalue weighted by Crippen LogP contribution is 2.15. The van der Waals surface area contributed by atoms with Gasteiger partial charge in [-0.25, -0.2) is 5.43 Å². The van der Waals surface area contributed by atoms with Gasteiger partial charge in [-0.2, -0.15) is 10.2 Å². The zero-order valence-corrected chi connectivity index (χ0v) is 12.8. The number of H-pyrrole nitrogens is 1. The van der Waals surface area contributed by atoms with E-state index in [-0.39, 0.29) is 17.0 Å². The first-order valence-electron chi connectivity index (χ1n) is 6.11. The van der Waals surface area contributed by atoms with Gasteiger partial charge in [-0.1, -0.05) is 0 Å². The zero-order valence-electron chi connectivity index (χ0n) is 12.0. The summed E-state index contributed by atoms with van der Waals surface area (Å²) >= 11 is 0.472. The average molecular weight is 323 g/mol. The molecule has 22 heavy (non-hydrogen) atoms. The summed E-state index contributed by atoms with van der Waals surface area (Å²) in [5.74, 6) is -0.553. The molecule has 9 nitrogen and oxygen atoms in total. The highest BCUT2D eigenvalue weighted by molar-refractivity contribution is 7.11. The average Bonchev–Trinajstić information content (AvgIpc) is 2.75. The maximum absolute atomic E-state index is 11.9. The summed E-state index contributed by atoms with van der Waals surface area (Å²) in [5.41, 5.74) is 2.34. The molecule has 0 bridgehead atoms. The molecule has 0 saturated heterocycles. The monoisotopic (exact) mass is 323 g/mol. The Morgan fingerprint density at radius 3 is 2.73 bits per heavy atom. The molecule has 1 amide bonds. The van der Waals surface area contributed by atoms with Crippen molar-refractivity contribution in [2.45, 2.75) is 13.8 Å². The van der Waals surface area contributed by atoms with Crippen LogP contribution in [-0.4, -0.2) is 31.5 Å². The highest BCUT2D eigenvalue weighted by Gasteiger charge is 2.14. The first-order valence-corrected chi connectivity index (χ1v) is 6.93. The molecule has 0 spiro atoms. The van der Waals surface area contributed by atoms with Gasteiger partial charge in [-0.3, -0.25) is 24.0 Å². The number of hydrogen-bond donors (Lipinski definition) is 3. The van der Waals surface area contributed by atoms with E-state index >= 15 is 0 Å². The van der Waals surface area contributed by atoms with Crippen molar-refractivity contribution in [3.63, 3.8) is 0 Å². The topological polar surface area (TPSA) is 129 Å². The normalized spacial score (nSPS) is 11.5. The summed E-state index contributed by atoms with van der Waals surface area (Å²) in [6.07, 6.45) is 0. The number of carbonyl (C=O) groups is 1. The molecule has 0 radical (unpaired) electrons. The first-order chi connectivity index (χ1) is 10.3. The number of nitrogens with zero attached hydrogens (tertiary/aromatic N) is 3. The molecule has 2 heterocycles. The van der Waals surface area contributed by atoms with Crippen LogP contribution in [0, 0.1) is 6.92 Å². The molecule has 0 atom stereocenters. The van der Waals surface area contributed by atoms with Crippen LogP contribution in [0.1, 0.15) is 28.7 Å². The number of carbonyl (C=O) groups excluding carboxylic acids is 1. The molecule has 3 N–H and O–H groups in total. The number of hydrazone groups is 1. The molecule has 0 saturated carbocycles. The summed E-state index contributed by atoms with van der Waals surface area (Å²) < 4.78 is 1.54. The van der Waals surface area contributed by atoms with Gasteiger partial charge in [0.15, 0.2) is 10.8 Å². The van der Waals surface area contributed by atoms with Crippen molar-refractivity contribution in [3.05, 3.63) is 43.0 Å². The second-order valence-corrected chi connectivity index (χ2v) is 5.42. The van der Waals surface area contributed by atoms with E-state index in [0.29, 0.717) is 11.3 Å². The Hall–Kier alpha value is -2.75. The Bertz CT molecular complexity index is 857. The Morgan fingerprint density at radius 1 is 1.50 bits per heavy atom. The maximum Gasteiger partial charge on any atom is 0.310 e. The van der Waals surface area contributed by atoms with Crippen molar-refractivity contribution in [1.29, 1.82) is 0 Å². The molecule has 2 rings (SSSR count). The number of aromatic amines is 1. The van der Waals surface area contributed by atoms with Crippen LogP contribution in [-0.2, 0) is 7.05 Å². The molecule has 0 aliphatic carbocycles. The van der Waals surface area contributed by atoms with Gasteiger partial charge in [0.1, 0.15) is 5.56 Å². The number of rotatable bonds is 3. The molecular formula is C12H13N5O4S. The summed E-state index contributed by atoms with van der Waals surface area (Å²) in [5, 5.41) is 16.9. The third-order valence-electron chi connectivity index (χ3n) is 2.88. The minimum absolute atomic E-state index is 0.0657. The van der Waals surface area contributed by atoms with E-state index < -0.39 is 21.4 Å². The van der Waals surface area contributed by atoms with E-state index in [0.717, 1.165) is 5.69 Å². The van der Waals surface area contributed by atoms with Crippen LogP contribution in [0.15, 0.2) is 20.8 Å². The van der Waals surface area contributed by atoms with Crippen molar-refractivity contribution in [3.8, 4) is 5.06 Å². The van der Waals surface area contributed by atoms with E-state index in [4.69, 9.17) is 0 Å². The molecule has 0 fully saturated rings. The minimum Gasteiger partial charge on any atom is -0.499 e. The predicted octanol–water partition coefficient (Wildman–Crippen LogP) is -0.302. The SMILES string of the molecule is CC(=NNC(=O)c1cc(C)n(C)n1)c1c(O)sc(=O)[nH]c1=O. The lowest BCUT2D eigenvalue weighted by molar-refractivity contribution is 0.0949. The van der Waals surface area contributed by atoms with Gasteiger partial charge in [0.05, 0.1) is 5.71 Å². The Balaban J connectivity index is 2.25. The Morgan fingerprint density at radius 2 is 2.18 bits per heavy atom. The van der Waals surface area contributed by atoms with Crippen LogP contribution in [0.5, 0.6) is 5.06 Å². The number of nitrogens with one attached hydrogen (secondary N) is 2. The number of hydrogen-bond acceptors (Lipinski definition) is 7. The van der Waals surface area contributed by atoms with Gasteiger partial charge in [-0.15, -0.1) is 0 Å². The number of aromatic hydroxyl groups is 1. The summed E-state index contributed by atoms with van der Waals surface area (Å²) in [6, 6.07) is 1.58. The third kappa shape index (κ3) is 3.11. The molecule has 10 heteroatoms. The maximum atomic E-state index is 11.9. The van der Waals surface area contributed by atoms with Crippen LogP contribution < -0.4 is 15.9 Å². The fourth-order valence-electron chi connectivity index (χ4n) is 1.66. The van der Waals surface area contributed by atoms with Gasteiger partial charge >= 0.3 is 4.87 Å². The van der Waals surface area contributed by atoms with Gasteiger partial charge in [-0.05, 0) is 31.3 Å². The van der Waals surface area contributed by atoms with Crippen LogP contribution in [0.2, 0.25) is 0 Å². The second kappa shape index (κ2) is 5.93. The third-order valence-corrected chi connectivity index (χ3v) is 3.56. The molecular weight excluding hydrogens is 310 g/mol. The number of amides is 1. The largest absolute Gasteiger partial charge is 0.499 e. The van der Waals surface area contributed by atoms with Gasteiger partial charge in [0.2, 0.25) is 0 Å². The van der Waals surface area contributed by atoms with E-state index in [2.05, 4.69) is 15.6 Å². The molecule has 0 aliphatic rings. The van der Waals surface area contributed by atoms with Gasteiger partial charge in [0, 0.05) is 12.7 Å². The predicted molar refractivity (Wildman–Crippen MR) is 80.5 cm³/mol. The van der Waals surface area contributed by atoms with Crippen LogP contribution in [0.3, 0.4) is 0 Å². The molecule has 0 aromatic carbocycles. The van der Waals surface area contributed by atoms with Gasteiger partial charge < -0.3 is 5.11 Å². The Kier molecular flexibility index (Phi) is 4.22. The quantitative estimate of drug-likeness (QED) is 0.527. The Labute approximate surface area is 127 Å². The van der Waals surface area contributed by atoms with Crippen LogP contribution >= 0.6 is 11.3 Å². The van der Waals surface area contributed by atoms with Gasteiger partial charge in [0.25, 0.3) is 11.5 Å². The molecule has 0 aliphatic heterocycles. The van der Waals surface area contributed by atoms with Crippen LogP contribution in [0.4, 0.5) is 0 Å². The van der Waals surface area contributed by atoms with Crippen molar-refractivity contribution in [2.75, 3.05) is 0 Å². The molecule has 2 aromatic heterocycles. The second-order valence-electron chi connectivity index (χ2n) is 4.46. The standard InChI is InChI=1S/C12H13N5O4S/c1-5-4-7(16-17(5)3)9(18)15-14-6(2)8-10(19)13-12(21)22-11(8)20/h4,20H,1-3H3,(H,15,18)(H,13,19,21). The van der Waals surface area contributed by atoms with Crippen molar-refractivity contribution in [1.82, 2.24) is 20.2 Å². The van der Waals surface area contributed by atoms with Crippen molar-refractivity contribution in [2.24, 2.45) is 12.1 Å². The lowest BCUT2D eigenvalue weighted by Crippen LogP contribution is -2.25. The zero-order chi connectivity index (χ0) is 16.4. The fourth-order valence-corrected chi connectivity index (χ4v) is 2.32. The van der Waals surface area contributed by atoms with Crippen molar-refractivity contribution >= 4 is 23.0 Å². The minimum atomic E-state index is -0.773. The van der Waals surface area contributed by atoms with E-state index in [1.807, 2.05) is 4.98 Å². The van der Waals surface area contributed by atoms with E-state index in [9.17, 15) is 19.5 Å². The summed E-state index contributed by atoms with van der Waals surface area (Å²) in [7, 11) is 1.70.